The summed E-state index contributed by atoms with van der Waals surface area (Å²) in [5.41, 5.74) is 0.485. The molecule has 3 saturated carbocycles. The van der Waals surface area contributed by atoms with Gasteiger partial charge in [0, 0.05) is 16.8 Å². The molecule has 0 aromatic carbocycles. The fraction of sp³-hybridized carbons (Fsp3) is 0.909. The number of ketones is 1. The molecule has 72 valence electrons. The predicted octanol–water partition coefficient (Wildman–Crippen LogP) is 2.82. The third-order valence-corrected chi connectivity index (χ3v) is 6.21. The van der Waals surface area contributed by atoms with Crippen LogP contribution in [0.15, 0.2) is 0 Å². The lowest BCUT2D eigenvalue weighted by Gasteiger charge is -2.54. The fourth-order valence-electron chi connectivity index (χ4n) is 4.30. The third-order valence-electron chi connectivity index (χ3n) is 4.79. The fourth-order valence-corrected chi connectivity index (χ4v) is 5.72. The molecule has 0 spiro atoms. The summed E-state index contributed by atoms with van der Waals surface area (Å²) in [6.45, 7) is 0. The molecule has 0 saturated heterocycles. The van der Waals surface area contributed by atoms with E-state index in [1.54, 1.807) is 0 Å². The number of carbonyl (C=O) groups is 1. The van der Waals surface area contributed by atoms with Crippen LogP contribution < -0.4 is 0 Å². The molecule has 4 atom stereocenters. The minimum absolute atomic E-state index is 0.485. The van der Waals surface area contributed by atoms with Crippen LogP contribution >= 0.6 is 22.6 Å². The standard InChI is InChI=1S/C11H15IO/c12-6-11-5-4-9(13)10(11)7-2-1-3-8(7)11/h7-8,10H,1-6H2/t7-,8+,10-,11+/m0/s1. The first-order valence-corrected chi connectivity index (χ1v) is 6.91. The van der Waals surface area contributed by atoms with Crippen LogP contribution in [0.25, 0.3) is 0 Å². The van der Waals surface area contributed by atoms with Gasteiger partial charge in [0.15, 0.2) is 0 Å². The van der Waals surface area contributed by atoms with Gasteiger partial charge in [0.2, 0.25) is 0 Å². The van der Waals surface area contributed by atoms with Crippen molar-refractivity contribution in [3.63, 3.8) is 0 Å². The van der Waals surface area contributed by atoms with Gasteiger partial charge in [-0.3, -0.25) is 4.79 Å². The zero-order valence-electron chi connectivity index (χ0n) is 7.76. The van der Waals surface area contributed by atoms with Crippen molar-refractivity contribution in [2.45, 2.75) is 32.1 Å². The average molecular weight is 290 g/mol. The van der Waals surface area contributed by atoms with Gasteiger partial charge >= 0.3 is 0 Å². The Morgan fingerprint density at radius 3 is 3.08 bits per heavy atom. The SMILES string of the molecule is O=C1CC[C@@]2(CI)[C@@H]3CCC[C@@H]3[C@@H]12. The largest absolute Gasteiger partial charge is 0.299 e. The van der Waals surface area contributed by atoms with E-state index in [4.69, 9.17) is 0 Å². The molecule has 1 nitrogen and oxygen atoms in total. The number of hydrogen-bond acceptors (Lipinski definition) is 1. The zero-order chi connectivity index (χ0) is 9.05. The topological polar surface area (TPSA) is 17.1 Å². The number of alkyl halides is 1. The molecule has 0 N–H and O–H groups in total. The highest BCUT2D eigenvalue weighted by Gasteiger charge is 2.66. The molecule has 13 heavy (non-hydrogen) atoms. The Labute approximate surface area is 92.8 Å². The van der Waals surface area contributed by atoms with E-state index in [0.717, 1.165) is 18.3 Å². The minimum Gasteiger partial charge on any atom is -0.299 e. The van der Waals surface area contributed by atoms with Gasteiger partial charge in [-0.1, -0.05) is 29.0 Å². The number of Topliss-reactive ketones (excluding diaryl/α,β-unsaturated/α-hetero) is 1. The minimum atomic E-state index is 0.485. The molecule has 0 heterocycles. The molecule has 0 aromatic rings. The van der Waals surface area contributed by atoms with Crippen LogP contribution in [0, 0.1) is 23.2 Å². The van der Waals surface area contributed by atoms with Gasteiger partial charge in [0.25, 0.3) is 0 Å². The van der Waals surface area contributed by atoms with Gasteiger partial charge in [-0.25, -0.2) is 0 Å². The Bertz CT molecular complexity index is 263. The van der Waals surface area contributed by atoms with E-state index in [-0.39, 0.29) is 0 Å². The summed E-state index contributed by atoms with van der Waals surface area (Å²) >= 11 is 2.51. The summed E-state index contributed by atoms with van der Waals surface area (Å²) < 4.78 is 1.22. The Morgan fingerprint density at radius 1 is 1.46 bits per heavy atom. The van der Waals surface area contributed by atoms with Crippen LogP contribution in [-0.4, -0.2) is 10.2 Å². The van der Waals surface area contributed by atoms with Gasteiger partial charge in [0.05, 0.1) is 0 Å². The van der Waals surface area contributed by atoms with Gasteiger partial charge in [-0.2, -0.15) is 0 Å². The van der Waals surface area contributed by atoms with Gasteiger partial charge in [-0.05, 0) is 36.5 Å². The molecule has 3 aliphatic carbocycles. The van der Waals surface area contributed by atoms with Crippen LogP contribution in [0.1, 0.15) is 32.1 Å². The zero-order valence-corrected chi connectivity index (χ0v) is 9.92. The second-order valence-corrected chi connectivity index (χ2v) is 5.77. The lowest BCUT2D eigenvalue weighted by molar-refractivity contribution is -0.136. The molecule has 2 heteroatoms. The molecule has 0 bridgehead atoms. The number of hydrogen-bond donors (Lipinski definition) is 0. The van der Waals surface area contributed by atoms with E-state index in [1.165, 1.54) is 30.1 Å². The van der Waals surface area contributed by atoms with Crippen molar-refractivity contribution in [1.82, 2.24) is 0 Å². The van der Waals surface area contributed by atoms with Crippen LogP contribution in [0.3, 0.4) is 0 Å². The maximum absolute atomic E-state index is 11.7. The number of carbonyl (C=O) groups excluding carboxylic acids is 1. The summed E-state index contributed by atoms with van der Waals surface area (Å²) in [5.74, 6) is 2.84. The van der Waals surface area contributed by atoms with Gasteiger partial charge in [0.1, 0.15) is 5.78 Å². The van der Waals surface area contributed by atoms with Gasteiger partial charge in [-0.15, -0.1) is 0 Å². The summed E-state index contributed by atoms with van der Waals surface area (Å²) in [7, 11) is 0. The van der Waals surface area contributed by atoms with Crippen LogP contribution in [0.4, 0.5) is 0 Å². The molecule has 0 amide bonds. The quantitative estimate of drug-likeness (QED) is 0.536. The highest BCUT2D eigenvalue weighted by Crippen LogP contribution is 2.69. The first-order chi connectivity index (χ1) is 6.29. The first-order valence-electron chi connectivity index (χ1n) is 5.38. The van der Waals surface area contributed by atoms with Crippen molar-refractivity contribution in [2.24, 2.45) is 23.2 Å². The van der Waals surface area contributed by atoms with Crippen LogP contribution in [0.5, 0.6) is 0 Å². The van der Waals surface area contributed by atoms with E-state index < -0.39 is 0 Å². The molecule has 0 aromatic heterocycles. The van der Waals surface area contributed by atoms with Crippen molar-refractivity contribution < 1.29 is 4.79 Å². The molecule has 3 rings (SSSR count). The molecular formula is C11H15IO. The van der Waals surface area contributed by atoms with E-state index >= 15 is 0 Å². The van der Waals surface area contributed by atoms with E-state index in [2.05, 4.69) is 22.6 Å². The van der Waals surface area contributed by atoms with E-state index in [9.17, 15) is 4.79 Å². The predicted molar refractivity (Wildman–Crippen MR) is 59.9 cm³/mol. The highest BCUT2D eigenvalue weighted by atomic mass is 127. The highest BCUT2D eigenvalue weighted by molar-refractivity contribution is 14.1. The van der Waals surface area contributed by atoms with Crippen molar-refractivity contribution in [1.29, 1.82) is 0 Å². The molecule has 0 radical (unpaired) electrons. The maximum Gasteiger partial charge on any atom is 0.136 e. The Balaban J connectivity index is 1.96. The van der Waals surface area contributed by atoms with Crippen molar-refractivity contribution in [2.75, 3.05) is 4.43 Å². The third kappa shape index (κ3) is 0.864. The summed E-state index contributed by atoms with van der Waals surface area (Å²) in [4.78, 5) is 11.7. The number of rotatable bonds is 1. The molecule has 0 unspecified atom stereocenters. The first kappa shape index (κ1) is 8.69. The average Bonchev–Trinajstić information content (AvgIpc) is 2.61. The second kappa shape index (κ2) is 2.71. The summed E-state index contributed by atoms with van der Waals surface area (Å²) in [6, 6.07) is 0. The lowest BCUT2D eigenvalue weighted by atomic mass is 9.50. The molecular weight excluding hydrogens is 275 g/mol. The summed E-state index contributed by atoms with van der Waals surface area (Å²) in [6.07, 6.45) is 6.25. The molecule has 0 aliphatic heterocycles. The number of fused-ring (bicyclic) bond motifs is 4. The van der Waals surface area contributed by atoms with Crippen molar-refractivity contribution in [3.8, 4) is 0 Å². The lowest BCUT2D eigenvalue weighted by Crippen LogP contribution is -2.54. The van der Waals surface area contributed by atoms with Gasteiger partial charge < -0.3 is 0 Å². The summed E-state index contributed by atoms with van der Waals surface area (Å²) in [5, 5.41) is 0. The van der Waals surface area contributed by atoms with Crippen molar-refractivity contribution >= 4 is 28.4 Å². The normalized spacial score (nSPS) is 53.0. The number of halogens is 1. The van der Waals surface area contributed by atoms with E-state index in [1.807, 2.05) is 0 Å². The maximum atomic E-state index is 11.7. The van der Waals surface area contributed by atoms with Crippen LogP contribution in [-0.2, 0) is 4.79 Å². The monoisotopic (exact) mass is 290 g/mol. The molecule has 3 aliphatic rings. The Kier molecular flexibility index (Phi) is 1.81. The smallest absolute Gasteiger partial charge is 0.136 e. The van der Waals surface area contributed by atoms with Crippen molar-refractivity contribution in [3.05, 3.63) is 0 Å². The van der Waals surface area contributed by atoms with Crippen LogP contribution in [0.2, 0.25) is 0 Å². The molecule has 3 fully saturated rings. The Morgan fingerprint density at radius 2 is 2.31 bits per heavy atom. The second-order valence-electron chi connectivity index (χ2n) is 5.01. The van der Waals surface area contributed by atoms with E-state index in [0.29, 0.717) is 17.1 Å². The Hall–Kier alpha value is 0.400.